The molecule has 1 aliphatic rings. The monoisotopic (exact) mass is 274 g/mol. The molecule has 1 saturated carbocycles. The van der Waals surface area contributed by atoms with Crippen LogP contribution >= 0.6 is 0 Å². The van der Waals surface area contributed by atoms with Crippen LogP contribution in [0.15, 0.2) is 30.3 Å². The lowest BCUT2D eigenvalue weighted by Gasteiger charge is -2.49. The van der Waals surface area contributed by atoms with Gasteiger partial charge in [0.1, 0.15) is 5.41 Å². The third kappa shape index (κ3) is 2.62. The number of carbonyl (C=O) groups excluding carboxylic acids is 1. The summed E-state index contributed by atoms with van der Waals surface area (Å²) in [5.74, 6) is -1.02. The van der Waals surface area contributed by atoms with Crippen molar-refractivity contribution in [3.8, 4) is 0 Å². The molecule has 0 radical (unpaired) electrons. The fraction of sp³-hybridized carbons (Fsp3) is 0.529. The molecule has 0 aromatic heterocycles. The third-order valence-corrected chi connectivity index (χ3v) is 4.36. The second kappa shape index (κ2) is 5.04. The van der Waals surface area contributed by atoms with E-state index in [1.807, 2.05) is 51.1 Å². The molecule has 20 heavy (non-hydrogen) atoms. The van der Waals surface area contributed by atoms with Crippen molar-refractivity contribution >= 4 is 11.8 Å². The molecular weight excluding hydrogens is 252 g/mol. The Morgan fingerprint density at radius 2 is 1.75 bits per heavy atom. The normalized spacial score (nSPS) is 20.8. The number of carboxylic acids is 1. The van der Waals surface area contributed by atoms with E-state index in [9.17, 15) is 14.7 Å². The van der Waals surface area contributed by atoms with E-state index in [1.54, 1.807) is 0 Å². The number of carbonyl (C=O) groups is 2. The van der Waals surface area contributed by atoms with Gasteiger partial charge in [0.05, 0.1) is 0 Å². The SMILES string of the molecule is C[C@@H](CC(=O)C1(C(=O)O)CC(C)(C)C1)c1ccccc1. The number of rotatable bonds is 5. The first-order valence-electron chi connectivity index (χ1n) is 7.08. The molecule has 1 atom stereocenters. The quantitative estimate of drug-likeness (QED) is 0.834. The number of ketones is 1. The smallest absolute Gasteiger partial charge is 0.317 e. The van der Waals surface area contributed by atoms with Crippen molar-refractivity contribution in [3.05, 3.63) is 35.9 Å². The average Bonchev–Trinajstić information content (AvgIpc) is 2.35. The Hall–Kier alpha value is -1.64. The Kier molecular flexibility index (Phi) is 3.72. The van der Waals surface area contributed by atoms with Crippen molar-refractivity contribution in [1.82, 2.24) is 0 Å². The average molecular weight is 274 g/mol. The fourth-order valence-electron chi connectivity index (χ4n) is 3.42. The Labute approximate surface area is 120 Å². The van der Waals surface area contributed by atoms with Crippen molar-refractivity contribution in [2.75, 3.05) is 0 Å². The van der Waals surface area contributed by atoms with Crippen molar-refractivity contribution in [2.24, 2.45) is 10.8 Å². The van der Waals surface area contributed by atoms with Crippen LogP contribution in [0.4, 0.5) is 0 Å². The van der Waals surface area contributed by atoms with Crippen molar-refractivity contribution < 1.29 is 14.7 Å². The van der Waals surface area contributed by atoms with Gasteiger partial charge in [-0.25, -0.2) is 0 Å². The van der Waals surface area contributed by atoms with Crippen LogP contribution in [0.3, 0.4) is 0 Å². The summed E-state index contributed by atoms with van der Waals surface area (Å²) in [6.45, 7) is 6.01. The molecule has 3 heteroatoms. The highest BCUT2D eigenvalue weighted by molar-refractivity contribution is 6.04. The molecule has 0 spiro atoms. The molecule has 1 fully saturated rings. The number of hydrogen-bond donors (Lipinski definition) is 1. The first-order valence-corrected chi connectivity index (χ1v) is 7.08. The molecular formula is C17H22O3. The van der Waals surface area contributed by atoms with Gasteiger partial charge in [0.2, 0.25) is 0 Å². The van der Waals surface area contributed by atoms with Gasteiger partial charge >= 0.3 is 5.97 Å². The topological polar surface area (TPSA) is 54.4 Å². The van der Waals surface area contributed by atoms with E-state index >= 15 is 0 Å². The molecule has 1 aromatic rings. The van der Waals surface area contributed by atoms with E-state index in [4.69, 9.17) is 0 Å². The standard InChI is InChI=1S/C17H22O3/c1-12(13-7-5-4-6-8-13)9-14(18)17(15(19)20)10-16(2,3)11-17/h4-8,12H,9-11H2,1-3H3,(H,19,20)/t12-/m0/s1. The van der Waals surface area contributed by atoms with E-state index < -0.39 is 11.4 Å². The zero-order chi connectivity index (χ0) is 15.0. The molecule has 0 heterocycles. The number of aliphatic carboxylic acids is 1. The summed E-state index contributed by atoms with van der Waals surface area (Å²) < 4.78 is 0. The summed E-state index contributed by atoms with van der Waals surface area (Å²) in [6.07, 6.45) is 1.21. The molecule has 1 aliphatic carbocycles. The Morgan fingerprint density at radius 3 is 2.20 bits per heavy atom. The van der Waals surface area contributed by atoms with E-state index in [0.29, 0.717) is 19.3 Å². The van der Waals surface area contributed by atoms with Crippen LogP contribution in [-0.4, -0.2) is 16.9 Å². The minimum atomic E-state index is -1.15. The Bertz CT molecular complexity index is 508. The van der Waals surface area contributed by atoms with Crippen LogP contribution < -0.4 is 0 Å². The Balaban J connectivity index is 2.09. The molecule has 0 saturated heterocycles. The summed E-state index contributed by atoms with van der Waals surface area (Å²) in [5, 5.41) is 9.45. The predicted octanol–water partition coefficient (Wildman–Crippen LogP) is 3.64. The molecule has 0 bridgehead atoms. The van der Waals surface area contributed by atoms with Crippen LogP contribution in [0, 0.1) is 10.8 Å². The largest absolute Gasteiger partial charge is 0.480 e. The van der Waals surface area contributed by atoms with Crippen LogP contribution in [0.1, 0.15) is 51.5 Å². The molecule has 1 N–H and O–H groups in total. The van der Waals surface area contributed by atoms with Gasteiger partial charge in [-0.15, -0.1) is 0 Å². The second-order valence-corrected chi connectivity index (χ2v) is 6.84. The van der Waals surface area contributed by atoms with Gasteiger partial charge in [-0.3, -0.25) is 9.59 Å². The zero-order valence-electron chi connectivity index (χ0n) is 12.3. The van der Waals surface area contributed by atoms with E-state index in [0.717, 1.165) is 5.56 Å². The number of Topliss-reactive ketones (excluding diaryl/α,β-unsaturated/α-hetero) is 1. The van der Waals surface area contributed by atoms with Crippen molar-refractivity contribution in [2.45, 2.75) is 46.0 Å². The molecule has 1 aromatic carbocycles. The van der Waals surface area contributed by atoms with Crippen molar-refractivity contribution in [1.29, 1.82) is 0 Å². The fourth-order valence-corrected chi connectivity index (χ4v) is 3.42. The summed E-state index contributed by atoms with van der Waals surface area (Å²) >= 11 is 0. The molecule has 0 amide bonds. The van der Waals surface area contributed by atoms with Gasteiger partial charge in [-0.1, -0.05) is 51.1 Å². The van der Waals surface area contributed by atoms with Gasteiger partial charge in [0.15, 0.2) is 5.78 Å². The molecule has 2 rings (SSSR count). The lowest BCUT2D eigenvalue weighted by Crippen LogP contribution is -2.53. The highest BCUT2D eigenvalue weighted by Gasteiger charge is 2.59. The lowest BCUT2D eigenvalue weighted by atomic mass is 9.52. The van der Waals surface area contributed by atoms with E-state index in [2.05, 4.69) is 0 Å². The molecule has 0 aliphatic heterocycles. The van der Waals surface area contributed by atoms with Gasteiger partial charge in [0, 0.05) is 6.42 Å². The summed E-state index contributed by atoms with van der Waals surface area (Å²) in [4.78, 5) is 24.0. The predicted molar refractivity (Wildman–Crippen MR) is 77.6 cm³/mol. The van der Waals surface area contributed by atoms with Gasteiger partial charge in [0.25, 0.3) is 0 Å². The maximum atomic E-state index is 12.5. The number of hydrogen-bond acceptors (Lipinski definition) is 2. The zero-order valence-corrected chi connectivity index (χ0v) is 12.3. The minimum absolute atomic E-state index is 0.0377. The van der Waals surface area contributed by atoms with Gasteiger partial charge in [-0.2, -0.15) is 0 Å². The first kappa shape index (κ1) is 14.8. The van der Waals surface area contributed by atoms with E-state index in [1.165, 1.54) is 0 Å². The van der Waals surface area contributed by atoms with Crippen LogP contribution in [0.2, 0.25) is 0 Å². The maximum Gasteiger partial charge on any atom is 0.317 e. The number of benzene rings is 1. The van der Waals surface area contributed by atoms with Crippen molar-refractivity contribution in [3.63, 3.8) is 0 Å². The lowest BCUT2D eigenvalue weighted by molar-refractivity contribution is -0.170. The summed E-state index contributed by atoms with van der Waals surface area (Å²) in [5.41, 5.74) is -0.101. The summed E-state index contributed by atoms with van der Waals surface area (Å²) in [6, 6.07) is 9.78. The Morgan fingerprint density at radius 1 is 1.20 bits per heavy atom. The van der Waals surface area contributed by atoms with Gasteiger partial charge in [-0.05, 0) is 29.7 Å². The molecule has 3 nitrogen and oxygen atoms in total. The first-order chi connectivity index (χ1) is 9.27. The third-order valence-electron chi connectivity index (χ3n) is 4.36. The maximum absolute atomic E-state index is 12.5. The second-order valence-electron chi connectivity index (χ2n) is 6.84. The van der Waals surface area contributed by atoms with Crippen LogP contribution in [0.5, 0.6) is 0 Å². The minimum Gasteiger partial charge on any atom is -0.480 e. The number of carboxylic acid groups (broad SMARTS) is 1. The van der Waals surface area contributed by atoms with E-state index in [-0.39, 0.29) is 17.1 Å². The van der Waals surface area contributed by atoms with Crippen LogP contribution in [-0.2, 0) is 9.59 Å². The highest BCUT2D eigenvalue weighted by Crippen LogP contribution is 2.55. The molecule has 108 valence electrons. The summed E-state index contributed by atoms with van der Waals surface area (Å²) in [7, 11) is 0. The van der Waals surface area contributed by atoms with Crippen LogP contribution in [0.25, 0.3) is 0 Å². The highest BCUT2D eigenvalue weighted by atomic mass is 16.4. The molecule has 0 unspecified atom stereocenters. The van der Waals surface area contributed by atoms with Gasteiger partial charge < -0.3 is 5.11 Å².